The van der Waals surface area contributed by atoms with Gasteiger partial charge in [0.1, 0.15) is 0 Å². The summed E-state index contributed by atoms with van der Waals surface area (Å²) in [6, 6.07) is 7.54. The fourth-order valence-electron chi connectivity index (χ4n) is 2.85. The number of hydrogen-bond donors (Lipinski definition) is 1. The standard InChI is InChI=1S/C18H26F3N3O2/c1-2-26-13-16-6-4-15(5-7-16)12-22-17(25)24-9-3-8-23(10-11-24)14-18(19,20)21/h4-7H,2-3,8-14H2,1H3,(H,22,25). The molecule has 26 heavy (non-hydrogen) atoms. The molecule has 2 amide bonds. The lowest BCUT2D eigenvalue weighted by molar-refractivity contribution is -0.145. The van der Waals surface area contributed by atoms with Gasteiger partial charge in [-0.2, -0.15) is 13.2 Å². The zero-order chi connectivity index (χ0) is 19.0. The number of urea groups is 1. The molecule has 5 nitrogen and oxygen atoms in total. The van der Waals surface area contributed by atoms with Gasteiger partial charge in [0.25, 0.3) is 0 Å². The van der Waals surface area contributed by atoms with Crippen LogP contribution in [0.1, 0.15) is 24.5 Å². The highest BCUT2D eigenvalue weighted by Crippen LogP contribution is 2.17. The minimum atomic E-state index is -4.20. The second kappa shape index (κ2) is 9.78. The van der Waals surface area contributed by atoms with Gasteiger partial charge in [-0.25, -0.2) is 4.79 Å². The molecule has 1 aromatic rings. The number of nitrogens with zero attached hydrogens (tertiary/aromatic N) is 2. The maximum Gasteiger partial charge on any atom is 0.401 e. The Labute approximate surface area is 152 Å². The second-order valence-corrected chi connectivity index (χ2v) is 6.34. The highest BCUT2D eigenvalue weighted by molar-refractivity contribution is 5.74. The third kappa shape index (κ3) is 7.21. The van der Waals surface area contributed by atoms with Crippen LogP contribution in [0.2, 0.25) is 0 Å². The average molecular weight is 373 g/mol. The lowest BCUT2D eigenvalue weighted by Crippen LogP contribution is -2.42. The van der Waals surface area contributed by atoms with Crippen LogP contribution in [0.15, 0.2) is 24.3 Å². The highest BCUT2D eigenvalue weighted by atomic mass is 19.4. The number of rotatable bonds is 6. The normalized spacial score (nSPS) is 16.4. The van der Waals surface area contributed by atoms with Crippen molar-refractivity contribution < 1.29 is 22.7 Å². The zero-order valence-electron chi connectivity index (χ0n) is 15.0. The van der Waals surface area contributed by atoms with Gasteiger partial charge in [0.2, 0.25) is 0 Å². The Kier molecular flexibility index (Phi) is 7.71. The zero-order valence-corrected chi connectivity index (χ0v) is 15.0. The van der Waals surface area contributed by atoms with Crippen LogP contribution in [-0.2, 0) is 17.9 Å². The average Bonchev–Trinajstić information content (AvgIpc) is 2.83. The summed E-state index contributed by atoms with van der Waals surface area (Å²) in [5, 5.41) is 2.84. The van der Waals surface area contributed by atoms with Gasteiger partial charge in [-0.3, -0.25) is 4.90 Å². The number of hydrogen-bond acceptors (Lipinski definition) is 3. The molecule has 1 fully saturated rings. The number of ether oxygens (including phenoxy) is 1. The summed E-state index contributed by atoms with van der Waals surface area (Å²) in [6.07, 6.45) is -3.67. The van der Waals surface area contributed by atoms with E-state index in [9.17, 15) is 18.0 Å². The van der Waals surface area contributed by atoms with Crippen LogP contribution in [0.25, 0.3) is 0 Å². The Morgan fingerprint density at radius 1 is 1.12 bits per heavy atom. The van der Waals surface area contributed by atoms with Crippen molar-refractivity contribution in [2.75, 3.05) is 39.3 Å². The fourth-order valence-corrected chi connectivity index (χ4v) is 2.85. The number of benzene rings is 1. The summed E-state index contributed by atoms with van der Waals surface area (Å²) in [5.74, 6) is 0. The molecule has 0 aliphatic carbocycles. The summed E-state index contributed by atoms with van der Waals surface area (Å²) in [5.41, 5.74) is 2.03. The lowest BCUT2D eigenvalue weighted by atomic mass is 10.1. The van der Waals surface area contributed by atoms with Gasteiger partial charge >= 0.3 is 12.2 Å². The van der Waals surface area contributed by atoms with Gasteiger partial charge in [0.15, 0.2) is 0 Å². The summed E-state index contributed by atoms with van der Waals surface area (Å²) in [4.78, 5) is 15.2. The van der Waals surface area contributed by atoms with Crippen molar-refractivity contribution >= 4 is 6.03 Å². The molecule has 0 aromatic heterocycles. The molecule has 0 bridgehead atoms. The van der Waals surface area contributed by atoms with Crippen LogP contribution in [0.3, 0.4) is 0 Å². The van der Waals surface area contributed by atoms with E-state index in [1.165, 1.54) is 4.90 Å². The summed E-state index contributed by atoms with van der Waals surface area (Å²) in [6.45, 7) is 3.98. The first-order valence-corrected chi connectivity index (χ1v) is 8.85. The molecule has 1 heterocycles. The molecule has 146 valence electrons. The molecule has 1 saturated heterocycles. The molecule has 0 spiro atoms. The quantitative estimate of drug-likeness (QED) is 0.834. The first-order chi connectivity index (χ1) is 12.4. The van der Waals surface area contributed by atoms with Crippen molar-refractivity contribution in [3.05, 3.63) is 35.4 Å². The Morgan fingerprint density at radius 2 is 1.81 bits per heavy atom. The Morgan fingerprint density at radius 3 is 2.46 bits per heavy atom. The van der Waals surface area contributed by atoms with Crippen molar-refractivity contribution in [3.8, 4) is 0 Å². The molecule has 2 rings (SSSR count). The Balaban J connectivity index is 1.77. The Hall–Kier alpha value is -1.80. The van der Waals surface area contributed by atoms with E-state index in [0.717, 1.165) is 11.1 Å². The smallest absolute Gasteiger partial charge is 0.377 e. The SMILES string of the molecule is CCOCc1ccc(CNC(=O)N2CCCN(CC(F)(F)F)CC2)cc1. The predicted octanol–water partition coefficient (Wildman–Crippen LogP) is 3.00. The van der Waals surface area contributed by atoms with Crippen molar-refractivity contribution in [2.24, 2.45) is 0 Å². The number of amides is 2. The molecule has 0 radical (unpaired) electrons. The van der Waals surface area contributed by atoms with E-state index >= 15 is 0 Å². The van der Waals surface area contributed by atoms with E-state index in [2.05, 4.69) is 5.32 Å². The maximum atomic E-state index is 12.5. The van der Waals surface area contributed by atoms with E-state index < -0.39 is 12.7 Å². The van der Waals surface area contributed by atoms with Crippen molar-refractivity contribution in [1.82, 2.24) is 15.1 Å². The van der Waals surface area contributed by atoms with Crippen molar-refractivity contribution in [2.45, 2.75) is 32.7 Å². The van der Waals surface area contributed by atoms with E-state index in [1.54, 1.807) is 4.90 Å². The van der Waals surface area contributed by atoms with Gasteiger partial charge in [-0.05, 0) is 24.5 Å². The number of nitrogens with one attached hydrogen (secondary N) is 1. The van der Waals surface area contributed by atoms with Crippen LogP contribution in [0.5, 0.6) is 0 Å². The molecule has 0 atom stereocenters. The van der Waals surface area contributed by atoms with E-state index in [-0.39, 0.29) is 12.6 Å². The number of alkyl halides is 3. The summed E-state index contributed by atoms with van der Waals surface area (Å²) < 4.78 is 42.8. The first-order valence-electron chi connectivity index (χ1n) is 8.85. The molecule has 1 aliphatic heterocycles. The third-order valence-electron chi connectivity index (χ3n) is 4.22. The predicted molar refractivity (Wildman–Crippen MR) is 92.7 cm³/mol. The van der Waals surface area contributed by atoms with E-state index in [4.69, 9.17) is 4.74 Å². The molecule has 1 N–H and O–H groups in total. The van der Waals surface area contributed by atoms with Crippen LogP contribution in [-0.4, -0.2) is 61.3 Å². The van der Waals surface area contributed by atoms with Crippen LogP contribution < -0.4 is 5.32 Å². The monoisotopic (exact) mass is 373 g/mol. The molecule has 0 unspecified atom stereocenters. The number of halogens is 3. The second-order valence-electron chi connectivity index (χ2n) is 6.34. The lowest BCUT2D eigenvalue weighted by Gasteiger charge is -2.23. The highest BCUT2D eigenvalue weighted by Gasteiger charge is 2.31. The molecule has 8 heteroatoms. The number of carbonyl (C=O) groups is 1. The van der Waals surface area contributed by atoms with E-state index in [0.29, 0.717) is 45.8 Å². The molecule has 0 saturated carbocycles. The minimum absolute atomic E-state index is 0.235. The first kappa shape index (κ1) is 20.5. The van der Waals surface area contributed by atoms with Gasteiger partial charge in [-0.15, -0.1) is 0 Å². The summed E-state index contributed by atoms with van der Waals surface area (Å²) >= 11 is 0. The largest absolute Gasteiger partial charge is 0.401 e. The molecular formula is C18H26F3N3O2. The van der Waals surface area contributed by atoms with Gasteiger partial charge in [0.05, 0.1) is 13.2 Å². The summed E-state index contributed by atoms with van der Waals surface area (Å²) in [7, 11) is 0. The van der Waals surface area contributed by atoms with Crippen LogP contribution in [0.4, 0.5) is 18.0 Å². The number of carbonyl (C=O) groups excluding carboxylic acids is 1. The van der Waals surface area contributed by atoms with Gasteiger partial charge < -0.3 is 15.0 Å². The van der Waals surface area contributed by atoms with Gasteiger partial charge in [-0.1, -0.05) is 24.3 Å². The topological polar surface area (TPSA) is 44.8 Å². The molecule has 1 aromatic carbocycles. The minimum Gasteiger partial charge on any atom is -0.377 e. The van der Waals surface area contributed by atoms with Crippen LogP contribution in [0, 0.1) is 0 Å². The molecule has 1 aliphatic rings. The van der Waals surface area contributed by atoms with Gasteiger partial charge in [0, 0.05) is 39.3 Å². The van der Waals surface area contributed by atoms with Crippen LogP contribution >= 0.6 is 0 Å². The van der Waals surface area contributed by atoms with Crippen molar-refractivity contribution in [3.63, 3.8) is 0 Å². The Bertz CT molecular complexity index is 564. The maximum absolute atomic E-state index is 12.5. The van der Waals surface area contributed by atoms with Crippen molar-refractivity contribution in [1.29, 1.82) is 0 Å². The third-order valence-corrected chi connectivity index (χ3v) is 4.22. The fraction of sp³-hybridized carbons (Fsp3) is 0.611. The van der Waals surface area contributed by atoms with E-state index in [1.807, 2.05) is 31.2 Å². The molecular weight excluding hydrogens is 347 g/mol.